The molecule has 0 aromatic heterocycles. The van der Waals surface area contributed by atoms with E-state index in [4.69, 9.17) is 19.9 Å². The summed E-state index contributed by atoms with van der Waals surface area (Å²) in [5.74, 6) is 0.587. The summed E-state index contributed by atoms with van der Waals surface area (Å²) in [5, 5.41) is 6.15. The number of benzene rings is 3. The molecule has 0 radical (unpaired) electrons. The third-order valence-electron chi connectivity index (χ3n) is 5.79. The van der Waals surface area contributed by atoms with Gasteiger partial charge in [0.2, 0.25) is 5.91 Å². The predicted molar refractivity (Wildman–Crippen MR) is 144 cm³/mol. The van der Waals surface area contributed by atoms with Crippen LogP contribution in [0.4, 0.5) is 11.4 Å². The monoisotopic (exact) mass is 505 g/mol. The summed E-state index contributed by atoms with van der Waals surface area (Å²) in [6, 6.07) is 23.7. The Morgan fingerprint density at radius 1 is 0.946 bits per heavy atom. The summed E-state index contributed by atoms with van der Waals surface area (Å²) in [6.07, 6.45) is 1.54. The number of esters is 1. The van der Waals surface area contributed by atoms with Crippen molar-refractivity contribution in [3.8, 4) is 11.5 Å². The van der Waals surface area contributed by atoms with Gasteiger partial charge in [-0.2, -0.15) is 0 Å². The number of para-hydroxylation sites is 1. The average Bonchev–Trinajstić information content (AvgIpc) is 2.92. The zero-order valence-corrected chi connectivity index (χ0v) is 21.3. The zero-order chi connectivity index (χ0) is 26.5. The summed E-state index contributed by atoms with van der Waals surface area (Å²) in [6.45, 7) is 2.39. The normalized spacial score (nSPS) is 12.3. The number of anilines is 2. The Hall–Kier alpha value is -4.04. The van der Waals surface area contributed by atoms with Crippen LogP contribution < -0.4 is 21.1 Å². The van der Waals surface area contributed by atoms with Gasteiger partial charge in [-0.25, -0.2) is 4.79 Å². The fourth-order valence-corrected chi connectivity index (χ4v) is 3.70. The maximum absolute atomic E-state index is 12.7. The van der Waals surface area contributed by atoms with E-state index in [0.717, 1.165) is 23.4 Å². The largest absolute Gasteiger partial charge is 0.467 e. The number of carbonyl (C=O) groups excluding carboxylic acids is 2. The van der Waals surface area contributed by atoms with Crippen molar-refractivity contribution in [3.63, 3.8) is 0 Å². The average molecular weight is 506 g/mol. The van der Waals surface area contributed by atoms with Crippen LogP contribution in [0.3, 0.4) is 0 Å². The van der Waals surface area contributed by atoms with Crippen LogP contribution in [0.2, 0.25) is 0 Å². The second-order valence-corrected chi connectivity index (χ2v) is 8.60. The number of ether oxygens (including phenoxy) is 3. The molecule has 0 fully saturated rings. The Kier molecular flexibility index (Phi) is 10.8. The first-order valence-electron chi connectivity index (χ1n) is 12.4. The molecule has 0 aliphatic rings. The van der Waals surface area contributed by atoms with Gasteiger partial charge in [0.25, 0.3) is 0 Å². The van der Waals surface area contributed by atoms with Gasteiger partial charge in [-0.15, -0.1) is 0 Å². The number of nitrogens with two attached hydrogens (primary N) is 1. The summed E-state index contributed by atoms with van der Waals surface area (Å²) in [7, 11) is 1.29. The van der Waals surface area contributed by atoms with Crippen LogP contribution in [-0.2, 0) is 25.7 Å². The van der Waals surface area contributed by atoms with Crippen LogP contribution in [0, 0.1) is 0 Å². The smallest absolute Gasteiger partial charge is 0.330 e. The van der Waals surface area contributed by atoms with Gasteiger partial charge in [0.05, 0.1) is 31.7 Å². The molecule has 3 aromatic carbocycles. The Morgan fingerprint density at radius 3 is 2.32 bits per heavy atom. The zero-order valence-electron chi connectivity index (χ0n) is 21.3. The molecular formula is C29H35N3O5. The highest BCUT2D eigenvalue weighted by Gasteiger charge is 2.22. The van der Waals surface area contributed by atoms with E-state index in [1.54, 1.807) is 6.07 Å². The van der Waals surface area contributed by atoms with Gasteiger partial charge in [0.1, 0.15) is 11.5 Å². The number of hydrogen-bond acceptors (Lipinski definition) is 7. The van der Waals surface area contributed by atoms with Crippen molar-refractivity contribution in [3.05, 3.63) is 84.4 Å². The maximum Gasteiger partial charge on any atom is 0.330 e. The van der Waals surface area contributed by atoms with E-state index in [1.807, 2.05) is 79.7 Å². The predicted octanol–water partition coefficient (Wildman–Crippen LogP) is 4.91. The van der Waals surface area contributed by atoms with Crippen LogP contribution in [0.1, 0.15) is 31.7 Å². The summed E-state index contributed by atoms with van der Waals surface area (Å²) in [5.41, 5.74) is 8.49. The number of methoxy groups -OCH3 is 1. The number of hydrogen-bond donors (Lipinski definition) is 3. The molecule has 0 aliphatic heterocycles. The standard InChI is InChI=1S/C29H35N3O5/c1-3-22(31-26-18-24(15-16-25(26)30)37-23-12-8-5-9-13-23)14-17-28(33)32-27(29(34)35-2)20-36-19-21-10-6-4-7-11-21/h4-13,15-16,18,22,27,31H,3,14,17,19-20,30H2,1-2H3,(H,32,33)/t22-,27+/m1/s1. The quantitative estimate of drug-likeness (QED) is 0.211. The Balaban J connectivity index is 1.51. The minimum absolute atomic E-state index is 0.00840. The highest BCUT2D eigenvalue weighted by atomic mass is 16.5. The van der Waals surface area contributed by atoms with Gasteiger partial charge in [-0.3, -0.25) is 4.79 Å². The molecule has 0 unspecified atom stereocenters. The lowest BCUT2D eigenvalue weighted by molar-refractivity contribution is -0.147. The third kappa shape index (κ3) is 9.16. The van der Waals surface area contributed by atoms with Crippen molar-refractivity contribution in [2.45, 2.75) is 44.9 Å². The Bertz CT molecular complexity index is 1120. The molecule has 0 aliphatic carbocycles. The highest BCUT2D eigenvalue weighted by Crippen LogP contribution is 2.29. The molecule has 3 aromatic rings. The van der Waals surface area contributed by atoms with Gasteiger partial charge < -0.3 is 30.6 Å². The molecule has 8 nitrogen and oxygen atoms in total. The van der Waals surface area contributed by atoms with E-state index >= 15 is 0 Å². The molecular weight excluding hydrogens is 470 g/mol. The number of nitrogens with one attached hydrogen (secondary N) is 2. The van der Waals surface area contributed by atoms with Crippen molar-refractivity contribution >= 4 is 23.3 Å². The van der Waals surface area contributed by atoms with Gasteiger partial charge in [-0.1, -0.05) is 55.5 Å². The molecule has 196 valence electrons. The van der Waals surface area contributed by atoms with E-state index in [2.05, 4.69) is 10.6 Å². The summed E-state index contributed by atoms with van der Waals surface area (Å²) < 4.78 is 16.4. The molecule has 8 heteroatoms. The molecule has 0 saturated carbocycles. The first kappa shape index (κ1) is 27.5. The molecule has 4 N–H and O–H groups in total. The van der Waals surface area contributed by atoms with Gasteiger partial charge in [0.15, 0.2) is 6.04 Å². The second-order valence-electron chi connectivity index (χ2n) is 8.60. The van der Waals surface area contributed by atoms with Crippen molar-refractivity contribution in [1.29, 1.82) is 0 Å². The lowest BCUT2D eigenvalue weighted by Crippen LogP contribution is -2.44. The SMILES string of the molecule is CC[C@H](CCC(=O)N[C@@H](COCc1ccccc1)C(=O)OC)Nc1cc(Oc2ccccc2)ccc1N. The van der Waals surface area contributed by atoms with E-state index in [-0.39, 0.29) is 25.0 Å². The van der Waals surface area contributed by atoms with E-state index in [1.165, 1.54) is 7.11 Å². The lowest BCUT2D eigenvalue weighted by atomic mass is 10.1. The highest BCUT2D eigenvalue weighted by molar-refractivity contribution is 5.84. The van der Waals surface area contributed by atoms with Crippen LogP contribution in [0.25, 0.3) is 0 Å². The van der Waals surface area contributed by atoms with Gasteiger partial charge >= 0.3 is 5.97 Å². The Morgan fingerprint density at radius 2 is 1.65 bits per heavy atom. The molecule has 0 bridgehead atoms. The number of amides is 1. The summed E-state index contributed by atoms with van der Waals surface area (Å²) >= 11 is 0. The topological polar surface area (TPSA) is 112 Å². The van der Waals surface area contributed by atoms with E-state index in [9.17, 15) is 9.59 Å². The van der Waals surface area contributed by atoms with E-state index in [0.29, 0.717) is 24.5 Å². The molecule has 1 amide bonds. The third-order valence-corrected chi connectivity index (χ3v) is 5.79. The van der Waals surface area contributed by atoms with Crippen LogP contribution in [0.5, 0.6) is 11.5 Å². The van der Waals surface area contributed by atoms with Crippen LogP contribution >= 0.6 is 0 Å². The Labute approximate surface area is 218 Å². The fraction of sp³-hybridized carbons (Fsp3) is 0.310. The fourth-order valence-electron chi connectivity index (χ4n) is 3.70. The van der Waals surface area contributed by atoms with Gasteiger partial charge in [0, 0.05) is 18.5 Å². The molecule has 0 saturated heterocycles. The van der Waals surface area contributed by atoms with Crippen LogP contribution in [-0.4, -0.2) is 37.7 Å². The minimum atomic E-state index is -0.878. The van der Waals surface area contributed by atoms with E-state index < -0.39 is 12.0 Å². The second kappa shape index (κ2) is 14.5. The number of nitrogen functional groups attached to an aromatic ring is 1. The lowest BCUT2D eigenvalue weighted by Gasteiger charge is -2.21. The maximum atomic E-state index is 12.7. The number of rotatable bonds is 14. The number of carbonyl (C=O) groups is 2. The van der Waals surface area contributed by atoms with Gasteiger partial charge in [-0.05, 0) is 42.7 Å². The van der Waals surface area contributed by atoms with Crippen molar-refractivity contribution in [1.82, 2.24) is 5.32 Å². The first-order chi connectivity index (χ1) is 18.0. The first-order valence-corrected chi connectivity index (χ1v) is 12.4. The summed E-state index contributed by atoms with van der Waals surface area (Å²) in [4.78, 5) is 24.8. The molecule has 0 heterocycles. The van der Waals surface area contributed by atoms with Crippen molar-refractivity contribution in [2.75, 3.05) is 24.8 Å². The van der Waals surface area contributed by atoms with Crippen molar-refractivity contribution in [2.24, 2.45) is 0 Å². The van der Waals surface area contributed by atoms with Crippen LogP contribution in [0.15, 0.2) is 78.9 Å². The molecule has 37 heavy (non-hydrogen) atoms. The molecule has 2 atom stereocenters. The van der Waals surface area contributed by atoms with Crippen molar-refractivity contribution < 1.29 is 23.8 Å². The molecule has 3 rings (SSSR count). The molecule has 0 spiro atoms. The minimum Gasteiger partial charge on any atom is -0.467 e.